The van der Waals surface area contributed by atoms with E-state index in [0.717, 1.165) is 11.3 Å². The Bertz CT molecular complexity index is 356. The van der Waals surface area contributed by atoms with Crippen molar-refractivity contribution in [3.8, 4) is 0 Å². The van der Waals surface area contributed by atoms with E-state index >= 15 is 0 Å². The summed E-state index contributed by atoms with van der Waals surface area (Å²) >= 11 is 0. The molecule has 1 rings (SSSR count). The molecular weight excluding hydrogens is 230 g/mol. The lowest BCUT2D eigenvalue weighted by Gasteiger charge is -2.18. The molecular formula is C14H21NO3. The molecule has 0 heterocycles. The van der Waals surface area contributed by atoms with Crippen LogP contribution in [0.3, 0.4) is 0 Å². The van der Waals surface area contributed by atoms with E-state index in [1.807, 2.05) is 31.2 Å². The number of Topliss-reactive ketones (excluding diaryl/α,β-unsaturated/α-hetero) is 1. The van der Waals surface area contributed by atoms with E-state index in [9.17, 15) is 4.79 Å². The highest BCUT2D eigenvalue weighted by Gasteiger charge is 2.08. The number of ketones is 1. The van der Waals surface area contributed by atoms with Gasteiger partial charge in [-0.2, -0.15) is 0 Å². The van der Waals surface area contributed by atoms with E-state index in [1.165, 1.54) is 0 Å². The number of methoxy groups -OCH3 is 1. The van der Waals surface area contributed by atoms with Gasteiger partial charge in [0.05, 0.1) is 12.6 Å². The Labute approximate surface area is 108 Å². The summed E-state index contributed by atoms with van der Waals surface area (Å²) in [6.45, 7) is 2.51. The number of nitrogens with one attached hydrogen (secondary N) is 1. The maximum atomic E-state index is 11.5. The Balaban J connectivity index is 2.63. The second kappa shape index (κ2) is 7.84. The lowest BCUT2D eigenvalue weighted by molar-refractivity contribution is 0.0988. The van der Waals surface area contributed by atoms with Gasteiger partial charge < -0.3 is 15.2 Å². The fourth-order valence-corrected chi connectivity index (χ4v) is 1.75. The summed E-state index contributed by atoms with van der Waals surface area (Å²) in [5, 5.41) is 12.2. The predicted octanol–water partition coefficient (Wildman–Crippen LogP) is 2.09. The molecule has 100 valence electrons. The quantitative estimate of drug-likeness (QED) is 0.695. The summed E-state index contributed by atoms with van der Waals surface area (Å²) in [5.74, 6) is 0.144. The second-order valence-corrected chi connectivity index (χ2v) is 4.16. The number of aliphatic hydroxyl groups is 1. The first kappa shape index (κ1) is 14.7. The molecule has 0 amide bonds. The van der Waals surface area contributed by atoms with Crippen LogP contribution in [0.2, 0.25) is 0 Å². The van der Waals surface area contributed by atoms with E-state index in [2.05, 4.69) is 5.32 Å². The van der Waals surface area contributed by atoms with Crippen molar-refractivity contribution < 1.29 is 14.6 Å². The molecule has 0 aromatic heterocycles. The number of rotatable bonds is 8. The Morgan fingerprint density at radius 1 is 1.39 bits per heavy atom. The van der Waals surface area contributed by atoms with E-state index in [1.54, 1.807) is 7.11 Å². The highest BCUT2D eigenvalue weighted by Crippen LogP contribution is 2.13. The van der Waals surface area contributed by atoms with Crippen LogP contribution in [0, 0.1) is 0 Å². The molecule has 0 radical (unpaired) electrons. The first-order chi connectivity index (χ1) is 8.71. The SMILES string of the molecule is CCC(=O)c1ccc(NC(CCO)COC)cc1. The molecule has 0 fully saturated rings. The standard InChI is InChI=1S/C14H21NO3/c1-3-14(17)11-4-6-12(7-5-11)15-13(8-9-16)10-18-2/h4-7,13,15-16H,3,8-10H2,1-2H3. The third-order valence-electron chi connectivity index (χ3n) is 2.74. The molecule has 0 bridgehead atoms. The maximum absolute atomic E-state index is 11.5. The Morgan fingerprint density at radius 3 is 2.56 bits per heavy atom. The lowest BCUT2D eigenvalue weighted by Crippen LogP contribution is -2.26. The molecule has 0 saturated heterocycles. The van der Waals surface area contributed by atoms with Crippen LogP contribution in [0.25, 0.3) is 0 Å². The summed E-state index contributed by atoms with van der Waals surface area (Å²) in [4.78, 5) is 11.5. The Hall–Kier alpha value is -1.39. The normalized spacial score (nSPS) is 12.2. The third kappa shape index (κ3) is 4.47. The minimum absolute atomic E-state index is 0.0766. The van der Waals surface area contributed by atoms with Gasteiger partial charge in [0, 0.05) is 31.4 Å². The first-order valence-electron chi connectivity index (χ1n) is 6.20. The molecule has 4 heteroatoms. The molecule has 0 spiro atoms. The first-order valence-corrected chi connectivity index (χ1v) is 6.20. The molecule has 1 aromatic rings. The number of carbonyl (C=O) groups excluding carboxylic acids is 1. The number of ether oxygens (including phenoxy) is 1. The van der Waals surface area contributed by atoms with Gasteiger partial charge in [0.15, 0.2) is 5.78 Å². The molecule has 0 aliphatic heterocycles. The molecule has 1 unspecified atom stereocenters. The number of aliphatic hydroxyl groups excluding tert-OH is 1. The van der Waals surface area contributed by atoms with Crippen molar-refractivity contribution in [2.75, 3.05) is 25.6 Å². The van der Waals surface area contributed by atoms with Gasteiger partial charge in [-0.05, 0) is 30.7 Å². The second-order valence-electron chi connectivity index (χ2n) is 4.16. The molecule has 0 saturated carbocycles. The minimum Gasteiger partial charge on any atom is -0.396 e. The van der Waals surface area contributed by atoms with Gasteiger partial charge in [0.1, 0.15) is 0 Å². The van der Waals surface area contributed by atoms with Crippen molar-refractivity contribution in [2.45, 2.75) is 25.8 Å². The van der Waals surface area contributed by atoms with Crippen molar-refractivity contribution in [1.29, 1.82) is 0 Å². The third-order valence-corrected chi connectivity index (χ3v) is 2.74. The molecule has 0 aliphatic carbocycles. The zero-order chi connectivity index (χ0) is 13.4. The molecule has 1 atom stereocenters. The molecule has 18 heavy (non-hydrogen) atoms. The van der Waals surface area contributed by atoms with Crippen molar-refractivity contribution in [2.24, 2.45) is 0 Å². The van der Waals surface area contributed by atoms with Gasteiger partial charge in [-0.3, -0.25) is 4.79 Å². The number of anilines is 1. The number of carbonyl (C=O) groups is 1. The number of hydrogen-bond donors (Lipinski definition) is 2. The molecule has 0 aliphatic rings. The van der Waals surface area contributed by atoms with Gasteiger partial charge in [-0.15, -0.1) is 0 Å². The van der Waals surface area contributed by atoms with Crippen LogP contribution in [0.15, 0.2) is 24.3 Å². The van der Waals surface area contributed by atoms with Crippen LogP contribution in [0.5, 0.6) is 0 Å². The van der Waals surface area contributed by atoms with Crippen molar-refractivity contribution in [1.82, 2.24) is 0 Å². The molecule has 2 N–H and O–H groups in total. The largest absolute Gasteiger partial charge is 0.396 e. The summed E-state index contributed by atoms with van der Waals surface area (Å²) in [5.41, 5.74) is 1.66. The van der Waals surface area contributed by atoms with Crippen LogP contribution >= 0.6 is 0 Å². The van der Waals surface area contributed by atoms with Gasteiger partial charge in [-0.1, -0.05) is 6.92 Å². The van der Waals surface area contributed by atoms with Crippen molar-refractivity contribution >= 4 is 11.5 Å². The van der Waals surface area contributed by atoms with Gasteiger partial charge in [-0.25, -0.2) is 0 Å². The minimum atomic E-state index is 0.0766. The fraction of sp³-hybridized carbons (Fsp3) is 0.500. The maximum Gasteiger partial charge on any atom is 0.162 e. The monoisotopic (exact) mass is 251 g/mol. The van der Waals surface area contributed by atoms with Crippen molar-refractivity contribution in [3.05, 3.63) is 29.8 Å². The highest BCUT2D eigenvalue weighted by atomic mass is 16.5. The fourth-order valence-electron chi connectivity index (χ4n) is 1.75. The van der Waals surface area contributed by atoms with Crippen LogP contribution in [-0.2, 0) is 4.74 Å². The zero-order valence-corrected chi connectivity index (χ0v) is 11.0. The summed E-state index contributed by atoms with van der Waals surface area (Å²) in [7, 11) is 1.63. The lowest BCUT2D eigenvalue weighted by atomic mass is 10.1. The number of hydrogen-bond acceptors (Lipinski definition) is 4. The Kier molecular flexibility index (Phi) is 6.39. The topological polar surface area (TPSA) is 58.6 Å². The smallest absolute Gasteiger partial charge is 0.162 e. The van der Waals surface area contributed by atoms with Crippen LogP contribution < -0.4 is 5.32 Å². The summed E-state index contributed by atoms with van der Waals surface area (Å²) in [6.07, 6.45) is 1.15. The summed E-state index contributed by atoms with van der Waals surface area (Å²) < 4.78 is 5.08. The average molecular weight is 251 g/mol. The Morgan fingerprint density at radius 2 is 2.06 bits per heavy atom. The van der Waals surface area contributed by atoms with Crippen molar-refractivity contribution in [3.63, 3.8) is 0 Å². The van der Waals surface area contributed by atoms with E-state index in [-0.39, 0.29) is 18.4 Å². The van der Waals surface area contributed by atoms with Crippen LogP contribution in [-0.4, -0.2) is 37.3 Å². The van der Waals surface area contributed by atoms with Gasteiger partial charge in [0.2, 0.25) is 0 Å². The van der Waals surface area contributed by atoms with Gasteiger partial charge >= 0.3 is 0 Å². The van der Waals surface area contributed by atoms with Crippen LogP contribution in [0.1, 0.15) is 30.1 Å². The highest BCUT2D eigenvalue weighted by molar-refractivity contribution is 5.96. The zero-order valence-electron chi connectivity index (χ0n) is 11.0. The predicted molar refractivity (Wildman–Crippen MR) is 72.1 cm³/mol. The molecule has 1 aromatic carbocycles. The average Bonchev–Trinajstić information content (AvgIpc) is 2.39. The van der Waals surface area contributed by atoms with E-state index < -0.39 is 0 Å². The van der Waals surface area contributed by atoms with Crippen LogP contribution in [0.4, 0.5) is 5.69 Å². The number of benzene rings is 1. The van der Waals surface area contributed by atoms with Gasteiger partial charge in [0.25, 0.3) is 0 Å². The van der Waals surface area contributed by atoms with E-state index in [0.29, 0.717) is 19.4 Å². The summed E-state index contributed by atoms with van der Waals surface area (Å²) in [6, 6.07) is 7.47. The van der Waals surface area contributed by atoms with E-state index in [4.69, 9.17) is 9.84 Å². The molecule has 4 nitrogen and oxygen atoms in total.